The predicted octanol–water partition coefficient (Wildman–Crippen LogP) is 3.19. The van der Waals surface area contributed by atoms with Crippen molar-refractivity contribution in [3.63, 3.8) is 0 Å². The molecule has 1 aliphatic rings. The summed E-state index contributed by atoms with van der Waals surface area (Å²) < 4.78 is 1.17. The molecule has 1 N–H and O–H groups in total. The van der Waals surface area contributed by atoms with Gasteiger partial charge in [0.05, 0.1) is 16.6 Å². The molecule has 1 aliphatic heterocycles. The highest BCUT2D eigenvalue weighted by molar-refractivity contribution is 7.18. The molecule has 0 amide bonds. The molecule has 3 rings (SSSR count). The van der Waals surface area contributed by atoms with Crippen LogP contribution < -0.4 is 5.32 Å². The topological polar surface area (TPSA) is 42.0 Å². The van der Waals surface area contributed by atoms with Gasteiger partial charge in [0.2, 0.25) is 0 Å². The summed E-state index contributed by atoms with van der Waals surface area (Å²) >= 11 is 1.65. The van der Waals surface area contributed by atoms with Gasteiger partial charge in [0.1, 0.15) is 10.8 Å². The molecule has 20 heavy (non-hydrogen) atoms. The number of fused-ring (bicyclic) bond motifs is 1. The summed E-state index contributed by atoms with van der Waals surface area (Å²) in [6.45, 7) is 3.96. The molecule has 0 saturated carbocycles. The van der Waals surface area contributed by atoms with Crippen molar-refractivity contribution in [1.29, 1.82) is 0 Å². The molecule has 1 aromatic heterocycles. The zero-order valence-corrected chi connectivity index (χ0v) is 12.6. The highest BCUT2D eigenvalue weighted by atomic mass is 32.1. The summed E-state index contributed by atoms with van der Waals surface area (Å²) in [6.07, 6.45) is 3.52. The minimum Gasteiger partial charge on any atom is -0.316 e. The molecular weight excluding hydrogens is 268 g/mol. The fourth-order valence-electron chi connectivity index (χ4n) is 3.13. The summed E-state index contributed by atoms with van der Waals surface area (Å²) in [5, 5.41) is 4.31. The minimum atomic E-state index is -0.146. The van der Waals surface area contributed by atoms with Crippen LogP contribution in [0.1, 0.15) is 31.2 Å². The van der Waals surface area contributed by atoms with Gasteiger partial charge in [0.15, 0.2) is 0 Å². The van der Waals surface area contributed by atoms with Crippen molar-refractivity contribution in [2.75, 3.05) is 13.1 Å². The summed E-state index contributed by atoms with van der Waals surface area (Å²) in [5.74, 6) is 0.364. The molecule has 3 nitrogen and oxygen atoms in total. The van der Waals surface area contributed by atoms with E-state index in [1.165, 1.54) is 4.70 Å². The van der Waals surface area contributed by atoms with Crippen LogP contribution in [0.15, 0.2) is 24.3 Å². The average Bonchev–Trinajstić information content (AvgIpc) is 3.05. The zero-order valence-electron chi connectivity index (χ0n) is 11.8. The van der Waals surface area contributed by atoms with E-state index in [-0.39, 0.29) is 5.41 Å². The third-order valence-electron chi connectivity index (χ3n) is 4.21. The van der Waals surface area contributed by atoms with Crippen LogP contribution in [-0.2, 0) is 11.2 Å². The minimum absolute atomic E-state index is 0.146. The number of benzene rings is 1. The molecule has 4 heteroatoms. The molecule has 1 saturated heterocycles. The van der Waals surface area contributed by atoms with Gasteiger partial charge in [-0.05, 0) is 31.5 Å². The van der Waals surface area contributed by atoms with E-state index in [2.05, 4.69) is 23.3 Å². The Morgan fingerprint density at radius 3 is 3.00 bits per heavy atom. The number of Topliss-reactive ketones (excluding diaryl/α,β-unsaturated/α-hetero) is 1. The van der Waals surface area contributed by atoms with Gasteiger partial charge in [-0.3, -0.25) is 4.79 Å². The van der Waals surface area contributed by atoms with E-state index in [9.17, 15) is 4.79 Å². The van der Waals surface area contributed by atoms with Crippen molar-refractivity contribution in [3.8, 4) is 0 Å². The maximum atomic E-state index is 12.7. The lowest BCUT2D eigenvalue weighted by Crippen LogP contribution is -2.34. The molecule has 1 unspecified atom stereocenters. The Kier molecular flexibility index (Phi) is 3.85. The normalized spacial score (nSPS) is 22.4. The number of ketones is 1. The Morgan fingerprint density at radius 2 is 2.30 bits per heavy atom. The Labute approximate surface area is 123 Å². The van der Waals surface area contributed by atoms with E-state index in [0.717, 1.165) is 42.9 Å². The lowest BCUT2D eigenvalue weighted by atomic mass is 9.77. The van der Waals surface area contributed by atoms with Crippen molar-refractivity contribution in [1.82, 2.24) is 10.3 Å². The van der Waals surface area contributed by atoms with E-state index < -0.39 is 0 Å². The van der Waals surface area contributed by atoms with Crippen LogP contribution in [0.2, 0.25) is 0 Å². The quantitative estimate of drug-likeness (QED) is 0.918. The highest BCUT2D eigenvalue weighted by Crippen LogP contribution is 2.34. The molecule has 0 aliphatic carbocycles. The van der Waals surface area contributed by atoms with Crippen molar-refractivity contribution in [2.45, 2.75) is 32.6 Å². The predicted molar refractivity (Wildman–Crippen MR) is 83.2 cm³/mol. The molecule has 0 bridgehead atoms. The number of hydrogen-bond donors (Lipinski definition) is 1. The Balaban J connectivity index is 1.80. The number of carbonyl (C=O) groups is 1. The molecule has 2 heterocycles. The third kappa shape index (κ3) is 2.50. The van der Waals surface area contributed by atoms with Crippen LogP contribution in [-0.4, -0.2) is 23.9 Å². The highest BCUT2D eigenvalue weighted by Gasteiger charge is 2.39. The standard InChI is InChI=1S/C16H20N2OS/c1-2-7-16(8-9-17-11-16)14(19)10-15-18-12-5-3-4-6-13(12)20-15/h3-6,17H,2,7-11H2,1H3. The van der Waals surface area contributed by atoms with Gasteiger partial charge in [-0.2, -0.15) is 0 Å². The lowest BCUT2D eigenvalue weighted by Gasteiger charge is -2.25. The van der Waals surface area contributed by atoms with Gasteiger partial charge in [0, 0.05) is 12.0 Å². The summed E-state index contributed by atoms with van der Waals surface area (Å²) in [4.78, 5) is 17.3. The van der Waals surface area contributed by atoms with E-state index in [0.29, 0.717) is 12.2 Å². The van der Waals surface area contributed by atoms with E-state index in [1.807, 2.05) is 18.2 Å². The van der Waals surface area contributed by atoms with Gasteiger partial charge in [-0.1, -0.05) is 25.5 Å². The van der Waals surface area contributed by atoms with E-state index in [1.54, 1.807) is 11.3 Å². The molecule has 1 aromatic carbocycles. The number of thiazole rings is 1. The number of aromatic nitrogens is 1. The van der Waals surface area contributed by atoms with Gasteiger partial charge in [-0.15, -0.1) is 11.3 Å². The first-order chi connectivity index (χ1) is 9.73. The average molecular weight is 288 g/mol. The van der Waals surface area contributed by atoms with Crippen LogP contribution >= 0.6 is 11.3 Å². The summed E-state index contributed by atoms with van der Waals surface area (Å²) in [7, 11) is 0. The van der Waals surface area contributed by atoms with Crippen LogP contribution in [0.5, 0.6) is 0 Å². The number of nitrogens with one attached hydrogen (secondary N) is 1. The zero-order chi connectivity index (χ0) is 14.0. The Hall–Kier alpha value is -1.26. The number of hydrogen-bond acceptors (Lipinski definition) is 4. The molecule has 2 aromatic rings. The molecular formula is C16H20N2OS. The van der Waals surface area contributed by atoms with E-state index >= 15 is 0 Å². The summed E-state index contributed by atoms with van der Waals surface area (Å²) in [6, 6.07) is 8.09. The molecule has 0 radical (unpaired) electrons. The first-order valence-corrected chi connectivity index (χ1v) is 8.14. The monoisotopic (exact) mass is 288 g/mol. The van der Waals surface area contributed by atoms with Crippen molar-refractivity contribution in [3.05, 3.63) is 29.3 Å². The number of rotatable bonds is 5. The fourth-order valence-corrected chi connectivity index (χ4v) is 4.10. The van der Waals surface area contributed by atoms with E-state index in [4.69, 9.17) is 0 Å². The molecule has 1 atom stereocenters. The largest absolute Gasteiger partial charge is 0.316 e. The van der Waals surface area contributed by atoms with Gasteiger partial charge < -0.3 is 5.32 Å². The Morgan fingerprint density at radius 1 is 1.45 bits per heavy atom. The second-order valence-electron chi connectivity index (χ2n) is 5.63. The second kappa shape index (κ2) is 5.62. The van der Waals surface area contributed by atoms with Crippen molar-refractivity contribution >= 4 is 27.3 Å². The first kappa shape index (κ1) is 13.7. The smallest absolute Gasteiger partial charge is 0.147 e. The Bertz CT molecular complexity index is 581. The van der Waals surface area contributed by atoms with Crippen LogP contribution in [0.25, 0.3) is 10.2 Å². The fraction of sp³-hybridized carbons (Fsp3) is 0.500. The molecule has 106 valence electrons. The molecule has 0 spiro atoms. The van der Waals surface area contributed by atoms with Crippen LogP contribution in [0.4, 0.5) is 0 Å². The molecule has 1 fully saturated rings. The van der Waals surface area contributed by atoms with Gasteiger partial charge in [0.25, 0.3) is 0 Å². The third-order valence-corrected chi connectivity index (χ3v) is 5.25. The van der Waals surface area contributed by atoms with Gasteiger partial charge >= 0.3 is 0 Å². The summed E-state index contributed by atoms with van der Waals surface area (Å²) in [5.41, 5.74) is 0.862. The van der Waals surface area contributed by atoms with Crippen LogP contribution in [0, 0.1) is 5.41 Å². The maximum absolute atomic E-state index is 12.7. The van der Waals surface area contributed by atoms with Crippen molar-refractivity contribution in [2.24, 2.45) is 5.41 Å². The maximum Gasteiger partial charge on any atom is 0.147 e. The van der Waals surface area contributed by atoms with Gasteiger partial charge in [-0.25, -0.2) is 4.98 Å². The SMILES string of the molecule is CCCC1(C(=O)Cc2nc3ccccc3s2)CCNC1. The number of carbonyl (C=O) groups excluding carboxylic acids is 1. The van der Waals surface area contributed by atoms with Crippen LogP contribution in [0.3, 0.4) is 0 Å². The first-order valence-electron chi connectivity index (χ1n) is 7.32. The lowest BCUT2D eigenvalue weighted by molar-refractivity contribution is -0.127. The second-order valence-corrected chi connectivity index (χ2v) is 6.75. The number of para-hydroxylation sites is 1. The number of nitrogens with zero attached hydrogens (tertiary/aromatic N) is 1. The van der Waals surface area contributed by atoms with Crippen molar-refractivity contribution < 1.29 is 4.79 Å².